The molecule has 3 nitrogen and oxygen atoms in total. The first-order chi connectivity index (χ1) is 5.79. The van der Waals surface area contributed by atoms with Gasteiger partial charge in [0.05, 0.1) is 13.2 Å². The number of hydrogen-bond acceptors (Lipinski definition) is 1. The van der Waals surface area contributed by atoms with E-state index in [9.17, 15) is 0 Å². The van der Waals surface area contributed by atoms with Gasteiger partial charge in [0.25, 0.3) is 5.82 Å². The smallest absolute Gasteiger partial charge is 0.253 e. The fourth-order valence-electron chi connectivity index (χ4n) is 1.36. The van der Waals surface area contributed by atoms with Gasteiger partial charge in [-0.25, -0.2) is 9.13 Å². The van der Waals surface area contributed by atoms with Crippen molar-refractivity contribution >= 4 is 17.0 Å². The maximum absolute atomic E-state index is 8.75. The van der Waals surface area contributed by atoms with Crippen molar-refractivity contribution in [1.29, 1.82) is 0 Å². The fourth-order valence-corrected chi connectivity index (χ4v) is 1.36. The highest BCUT2D eigenvalue weighted by Crippen LogP contribution is 1.93. The number of aliphatic hydroxyl groups is 1. The van der Waals surface area contributed by atoms with Crippen molar-refractivity contribution in [2.24, 2.45) is 0 Å². The molecule has 0 amide bonds. The van der Waals surface area contributed by atoms with E-state index in [1.807, 2.05) is 6.20 Å². The Kier molecular flexibility index (Phi) is 5.99. The van der Waals surface area contributed by atoms with E-state index in [0.29, 0.717) is 6.54 Å². The van der Waals surface area contributed by atoms with Crippen molar-refractivity contribution in [1.82, 2.24) is 4.57 Å². The van der Waals surface area contributed by atoms with Gasteiger partial charge >= 0.3 is 0 Å². The van der Waals surface area contributed by atoms with Gasteiger partial charge in [-0.3, -0.25) is 0 Å². The van der Waals surface area contributed by atoms with E-state index in [2.05, 4.69) is 29.2 Å². The van der Waals surface area contributed by atoms with Gasteiger partial charge in [0.2, 0.25) is 0 Å². The van der Waals surface area contributed by atoms with Crippen LogP contribution in [-0.4, -0.2) is 16.3 Å². The third kappa shape index (κ3) is 3.12. The highest BCUT2D eigenvalue weighted by Gasteiger charge is 2.09. The average molecular weight is 250 g/mol. The molecule has 1 heterocycles. The van der Waals surface area contributed by atoms with Crippen LogP contribution in [-0.2, 0) is 13.1 Å². The van der Waals surface area contributed by atoms with Crippen molar-refractivity contribution < 1.29 is 9.67 Å². The third-order valence-corrected chi connectivity index (χ3v) is 2.06. The average Bonchev–Trinajstić information content (AvgIpc) is 2.38. The molecule has 1 N–H and O–H groups in total. The number of aryl methyl sites for hydroxylation is 1. The minimum atomic E-state index is 0. The van der Waals surface area contributed by atoms with Gasteiger partial charge in [-0.1, -0.05) is 6.92 Å². The molecule has 0 aliphatic rings. The van der Waals surface area contributed by atoms with Gasteiger partial charge in [0.15, 0.2) is 0 Å². The van der Waals surface area contributed by atoms with Crippen LogP contribution in [0.5, 0.6) is 0 Å². The van der Waals surface area contributed by atoms with Crippen LogP contribution in [0, 0.1) is 6.92 Å². The Morgan fingerprint density at radius 1 is 1.54 bits per heavy atom. The molecule has 1 rings (SSSR count). The first kappa shape index (κ1) is 12.7. The molecule has 76 valence electrons. The quantitative estimate of drug-likeness (QED) is 0.795. The van der Waals surface area contributed by atoms with Gasteiger partial charge in [0, 0.05) is 6.92 Å². The Morgan fingerprint density at radius 2 is 2.23 bits per heavy atom. The lowest BCUT2D eigenvalue weighted by Gasteiger charge is -1.97. The van der Waals surface area contributed by atoms with Crippen molar-refractivity contribution in [3.05, 3.63) is 18.2 Å². The minimum absolute atomic E-state index is 0. The summed E-state index contributed by atoms with van der Waals surface area (Å²) in [5.74, 6) is 1.21. The molecule has 0 saturated heterocycles. The zero-order valence-electron chi connectivity index (χ0n) is 8.23. The summed E-state index contributed by atoms with van der Waals surface area (Å²) in [5, 5.41) is 8.75. The predicted molar refractivity (Wildman–Crippen MR) is 57.1 cm³/mol. The third-order valence-electron chi connectivity index (χ3n) is 2.06. The first-order valence-electron chi connectivity index (χ1n) is 4.45. The van der Waals surface area contributed by atoms with Crippen molar-refractivity contribution in [2.75, 3.05) is 6.61 Å². The summed E-state index contributed by atoms with van der Waals surface area (Å²) in [6, 6.07) is 0. The van der Waals surface area contributed by atoms with E-state index >= 15 is 0 Å². The highest BCUT2D eigenvalue weighted by atomic mass is 79.9. The molecule has 0 spiro atoms. The Balaban J connectivity index is 0.00000144. The number of rotatable bonds is 4. The molecule has 0 unspecified atom stereocenters. The molecular weight excluding hydrogens is 232 g/mol. The highest BCUT2D eigenvalue weighted by molar-refractivity contribution is 8.93. The lowest BCUT2D eigenvalue weighted by Crippen LogP contribution is -2.35. The molecule has 13 heavy (non-hydrogen) atoms. The second kappa shape index (κ2) is 6.16. The summed E-state index contributed by atoms with van der Waals surface area (Å²) in [5.41, 5.74) is 0. The number of halogens is 1. The predicted octanol–water partition coefficient (Wildman–Crippen LogP) is 1.06. The maximum atomic E-state index is 8.75. The molecule has 0 atom stereocenters. The van der Waals surface area contributed by atoms with Crippen molar-refractivity contribution in [3.8, 4) is 0 Å². The molecule has 0 aliphatic heterocycles. The van der Waals surface area contributed by atoms with E-state index in [4.69, 9.17) is 5.11 Å². The summed E-state index contributed by atoms with van der Waals surface area (Å²) in [4.78, 5) is 0. The molecule has 0 saturated carbocycles. The largest absolute Gasteiger partial charge is 0.392 e. The van der Waals surface area contributed by atoms with Crippen LogP contribution in [0.2, 0.25) is 0 Å². The Morgan fingerprint density at radius 3 is 2.77 bits per heavy atom. The van der Waals surface area contributed by atoms with Crippen LogP contribution < -0.4 is 4.57 Å². The normalized spacial score (nSPS) is 9.77. The molecule has 0 aromatic carbocycles. The molecule has 0 fully saturated rings. The molecule has 0 bridgehead atoms. The van der Waals surface area contributed by atoms with Gasteiger partial charge in [-0.05, 0) is 6.42 Å². The van der Waals surface area contributed by atoms with Crippen molar-refractivity contribution in [2.45, 2.75) is 33.4 Å². The summed E-state index contributed by atoms with van der Waals surface area (Å²) in [7, 11) is 0. The zero-order valence-corrected chi connectivity index (χ0v) is 9.95. The number of hydrogen-bond donors (Lipinski definition) is 1. The van der Waals surface area contributed by atoms with Crippen LogP contribution >= 0.6 is 17.0 Å². The number of nitrogens with zero attached hydrogens (tertiary/aromatic N) is 2. The van der Waals surface area contributed by atoms with Crippen LogP contribution in [0.4, 0.5) is 0 Å². The van der Waals surface area contributed by atoms with E-state index < -0.39 is 0 Å². The molecule has 0 radical (unpaired) electrons. The molecular formula is C9H18BrN2O+. The van der Waals surface area contributed by atoms with Crippen molar-refractivity contribution in [3.63, 3.8) is 0 Å². The van der Waals surface area contributed by atoms with E-state index in [1.165, 1.54) is 5.82 Å². The molecule has 4 heteroatoms. The van der Waals surface area contributed by atoms with E-state index in [0.717, 1.165) is 13.0 Å². The Labute approximate surface area is 89.8 Å². The minimum Gasteiger partial charge on any atom is -0.392 e. The van der Waals surface area contributed by atoms with Crippen LogP contribution in [0.25, 0.3) is 0 Å². The van der Waals surface area contributed by atoms with Gasteiger partial charge in [-0.2, -0.15) is 0 Å². The number of aliphatic hydroxyl groups excluding tert-OH is 1. The maximum Gasteiger partial charge on any atom is 0.253 e. The SMILES string of the molecule is Br.CCC[n+]1ccn(CCO)c1C. The summed E-state index contributed by atoms with van der Waals surface area (Å²) < 4.78 is 4.27. The van der Waals surface area contributed by atoms with Gasteiger partial charge in [0.1, 0.15) is 18.9 Å². The van der Waals surface area contributed by atoms with Crippen LogP contribution in [0.15, 0.2) is 12.4 Å². The number of aromatic nitrogens is 2. The zero-order chi connectivity index (χ0) is 8.97. The first-order valence-corrected chi connectivity index (χ1v) is 4.45. The van der Waals surface area contributed by atoms with E-state index in [-0.39, 0.29) is 23.6 Å². The second-order valence-electron chi connectivity index (χ2n) is 2.96. The lowest BCUT2D eigenvalue weighted by molar-refractivity contribution is -0.702. The van der Waals surface area contributed by atoms with E-state index in [1.54, 1.807) is 0 Å². The monoisotopic (exact) mass is 249 g/mol. The van der Waals surface area contributed by atoms with Gasteiger partial charge < -0.3 is 5.11 Å². The second-order valence-corrected chi connectivity index (χ2v) is 2.96. The van der Waals surface area contributed by atoms with Gasteiger partial charge in [-0.15, -0.1) is 17.0 Å². The summed E-state index contributed by atoms with van der Waals surface area (Å²) in [6.45, 7) is 6.20. The summed E-state index contributed by atoms with van der Waals surface area (Å²) >= 11 is 0. The van der Waals surface area contributed by atoms with Crippen LogP contribution in [0.1, 0.15) is 19.2 Å². The fraction of sp³-hybridized carbons (Fsp3) is 0.667. The molecule has 1 aromatic rings. The topological polar surface area (TPSA) is 29.0 Å². The van der Waals surface area contributed by atoms with Crippen LogP contribution in [0.3, 0.4) is 0 Å². The summed E-state index contributed by atoms with van der Waals surface area (Å²) in [6.07, 6.45) is 5.23. The number of imidazole rings is 1. The molecule has 0 aliphatic carbocycles. The Hall–Kier alpha value is -0.350. The Bertz CT molecular complexity index is 224. The standard InChI is InChI=1S/C9H17N2O.BrH/c1-3-4-10-5-6-11(7-8-12)9(10)2;/h5-6,12H,3-4,7-8H2,1-2H3;1H/q+1;. The lowest BCUT2D eigenvalue weighted by atomic mass is 10.4. The molecule has 1 aromatic heterocycles.